The SMILES string of the molecule is CNC(=O)c1nc2c(s1)CCCC2=O. The molecule has 5 heteroatoms. The molecule has 1 amide bonds. The van der Waals surface area contributed by atoms with Crippen LogP contribution in [-0.2, 0) is 6.42 Å². The van der Waals surface area contributed by atoms with E-state index in [1.807, 2.05) is 0 Å². The van der Waals surface area contributed by atoms with E-state index in [1.165, 1.54) is 11.3 Å². The van der Waals surface area contributed by atoms with Gasteiger partial charge in [0.2, 0.25) is 0 Å². The van der Waals surface area contributed by atoms with Gasteiger partial charge in [-0.3, -0.25) is 9.59 Å². The van der Waals surface area contributed by atoms with Crippen LogP contribution in [0.5, 0.6) is 0 Å². The van der Waals surface area contributed by atoms with Crippen LogP contribution < -0.4 is 5.32 Å². The lowest BCUT2D eigenvalue weighted by atomic mass is 10.0. The summed E-state index contributed by atoms with van der Waals surface area (Å²) < 4.78 is 0. The van der Waals surface area contributed by atoms with Gasteiger partial charge in [-0.2, -0.15) is 0 Å². The van der Waals surface area contributed by atoms with E-state index in [4.69, 9.17) is 0 Å². The van der Waals surface area contributed by atoms with Crippen molar-refractivity contribution < 1.29 is 9.59 Å². The van der Waals surface area contributed by atoms with Crippen molar-refractivity contribution in [2.24, 2.45) is 0 Å². The van der Waals surface area contributed by atoms with Crippen molar-refractivity contribution in [3.8, 4) is 0 Å². The van der Waals surface area contributed by atoms with Crippen molar-refractivity contribution >= 4 is 23.0 Å². The van der Waals surface area contributed by atoms with Gasteiger partial charge in [0.1, 0.15) is 5.69 Å². The van der Waals surface area contributed by atoms with Crippen LogP contribution in [0.15, 0.2) is 0 Å². The smallest absolute Gasteiger partial charge is 0.280 e. The first kappa shape index (κ1) is 9.33. The predicted molar refractivity (Wildman–Crippen MR) is 52.8 cm³/mol. The molecule has 1 aromatic heterocycles. The molecular weight excluding hydrogens is 200 g/mol. The number of amides is 1. The summed E-state index contributed by atoms with van der Waals surface area (Å²) in [4.78, 5) is 27.7. The Morgan fingerprint density at radius 2 is 2.29 bits per heavy atom. The van der Waals surface area contributed by atoms with Gasteiger partial charge in [0, 0.05) is 18.3 Å². The zero-order valence-electron chi connectivity index (χ0n) is 7.79. The van der Waals surface area contributed by atoms with Crippen LogP contribution >= 0.6 is 11.3 Å². The predicted octanol–water partition coefficient (Wildman–Crippen LogP) is 1.02. The number of nitrogens with one attached hydrogen (secondary N) is 1. The second-order valence-electron chi connectivity index (χ2n) is 3.15. The van der Waals surface area contributed by atoms with E-state index in [-0.39, 0.29) is 11.7 Å². The molecule has 14 heavy (non-hydrogen) atoms. The van der Waals surface area contributed by atoms with Crippen molar-refractivity contribution in [2.45, 2.75) is 19.3 Å². The third-order valence-electron chi connectivity index (χ3n) is 2.19. The summed E-state index contributed by atoms with van der Waals surface area (Å²) in [6, 6.07) is 0. The van der Waals surface area contributed by atoms with E-state index in [2.05, 4.69) is 10.3 Å². The van der Waals surface area contributed by atoms with E-state index >= 15 is 0 Å². The van der Waals surface area contributed by atoms with Crippen molar-refractivity contribution in [1.82, 2.24) is 10.3 Å². The summed E-state index contributed by atoms with van der Waals surface area (Å²) >= 11 is 1.33. The van der Waals surface area contributed by atoms with Gasteiger partial charge >= 0.3 is 0 Å². The standard InChI is InChI=1S/C9H10N2O2S/c1-10-8(13)9-11-7-5(12)3-2-4-6(7)14-9/h2-4H2,1H3,(H,10,13). The second kappa shape index (κ2) is 3.49. The van der Waals surface area contributed by atoms with E-state index in [9.17, 15) is 9.59 Å². The van der Waals surface area contributed by atoms with Gasteiger partial charge in [-0.15, -0.1) is 11.3 Å². The zero-order valence-corrected chi connectivity index (χ0v) is 8.61. The van der Waals surface area contributed by atoms with Crippen molar-refractivity contribution in [2.75, 3.05) is 7.05 Å². The molecule has 1 N–H and O–H groups in total. The molecule has 1 heterocycles. The lowest BCUT2D eigenvalue weighted by Crippen LogP contribution is -2.17. The summed E-state index contributed by atoms with van der Waals surface area (Å²) in [5.74, 6) is -0.144. The molecule has 0 atom stereocenters. The van der Waals surface area contributed by atoms with Crippen LogP contribution in [0.4, 0.5) is 0 Å². The quantitative estimate of drug-likeness (QED) is 0.753. The van der Waals surface area contributed by atoms with Crippen molar-refractivity contribution in [3.63, 3.8) is 0 Å². The molecule has 1 aliphatic rings. The average Bonchev–Trinajstić information content (AvgIpc) is 2.62. The number of thiazole rings is 1. The monoisotopic (exact) mass is 210 g/mol. The first-order valence-electron chi connectivity index (χ1n) is 4.47. The largest absolute Gasteiger partial charge is 0.353 e. The Hall–Kier alpha value is -1.23. The molecule has 1 aromatic rings. The molecule has 0 saturated heterocycles. The minimum atomic E-state index is -0.211. The number of aromatic nitrogens is 1. The number of carbonyl (C=O) groups is 2. The van der Waals surface area contributed by atoms with Gasteiger partial charge in [0.05, 0.1) is 0 Å². The number of carbonyl (C=O) groups excluding carboxylic acids is 2. The number of fused-ring (bicyclic) bond motifs is 1. The maximum absolute atomic E-state index is 11.4. The molecule has 0 aliphatic heterocycles. The van der Waals surface area contributed by atoms with E-state index in [0.29, 0.717) is 17.1 Å². The van der Waals surface area contributed by atoms with Gasteiger partial charge in [0.15, 0.2) is 10.8 Å². The summed E-state index contributed by atoms with van der Waals surface area (Å²) in [6.45, 7) is 0. The van der Waals surface area contributed by atoms with E-state index in [0.717, 1.165) is 17.7 Å². The molecule has 0 spiro atoms. The molecule has 0 radical (unpaired) electrons. The number of hydrogen-bond donors (Lipinski definition) is 1. The van der Waals surface area contributed by atoms with Crippen LogP contribution in [-0.4, -0.2) is 23.7 Å². The minimum absolute atomic E-state index is 0.0673. The molecule has 2 rings (SSSR count). The number of Topliss-reactive ketones (excluding diaryl/α,β-unsaturated/α-hetero) is 1. The maximum Gasteiger partial charge on any atom is 0.280 e. The Morgan fingerprint density at radius 1 is 1.50 bits per heavy atom. The molecule has 4 nitrogen and oxygen atoms in total. The lowest BCUT2D eigenvalue weighted by Gasteiger charge is -2.05. The fraction of sp³-hybridized carbons (Fsp3) is 0.444. The van der Waals surface area contributed by atoms with Crippen molar-refractivity contribution in [3.05, 3.63) is 15.6 Å². The van der Waals surface area contributed by atoms with Crippen molar-refractivity contribution in [1.29, 1.82) is 0 Å². The lowest BCUT2D eigenvalue weighted by molar-refractivity contribution is 0.0962. The number of rotatable bonds is 1. The van der Waals surface area contributed by atoms with Gasteiger partial charge in [-0.1, -0.05) is 0 Å². The highest BCUT2D eigenvalue weighted by molar-refractivity contribution is 7.14. The number of aryl methyl sites for hydroxylation is 1. The summed E-state index contributed by atoms with van der Waals surface area (Å²) in [7, 11) is 1.56. The third kappa shape index (κ3) is 1.43. The normalized spacial score (nSPS) is 15.1. The van der Waals surface area contributed by atoms with Gasteiger partial charge in [0.25, 0.3) is 5.91 Å². The molecular formula is C9H10N2O2S. The Bertz CT molecular complexity index is 398. The Morgan fingerprint density at radius 3 is 2.93 bits per heavy atom. The Balaban J connectivity index is 2.40. The first-order chi connectivity index (χ1) is 6.72. The fourth-order valence-corrected chi connectivity index (χ4v) is 2.54. The topological polar surface area (TPSA) is 59.1 Å². The molecule has 74 valence electrons. The number of nitrogens with zero attached hydrogens (tertiary/aromatic N) is 1. The first-order valence-corrected chi connectivity index (χ1v) is 5.29. The summed E-state index contributed by atoms with van der Waals surface area (Å²) in [5.41, 5.74) is 0.514. The van der Waals surface area contributed by atoms with Crippen LogP contribution in [0.3, 0.4) is 0 Å². The van der Waals surface area contributed by atoms with Crippen LogP contribution in [0.25, 0.3) is 0 Å². The van der Waals surface area contributed by atoms with Gasteiger partial charge < -0.3 is 5.32 Å². The number of ketones is 1. The Kier molecular flexibility index (Phi) is 2.33. The maximum atomic E-state index is 11.4. The molecule has 0 bridgehead atoms. The Labute approximate surface area is 85.3 Å². The summed E-state index contributed by atoms with van der Waals surface area (Å²) in [6.07, 6.45) is 2.31. The molecule has 0 fully saturated rings. The third-order valence-corrected chi connectivity index (χ3v) is 3.30. The molecule has 0 saturated carbocycles. The van der Waals surface area contributed by atoms with Crippen LogP contribution in [0.1, 0.15) is 38.0 Å². The van der Waals surface area contributed by atoms with Crippen LogP contribution in [0, 0.1) is 0 Å². The van der Waals surface area contributed by atoms with Crippen LogP contribution in [0.2, 0.25) is 0 Å². The molecule has 0 aromatic carbocycles. The molecule has 0 unspecified atom stereocenters. The zero-order chi connectivity index (χ0) is 10.1. The summed E-state index contributed by atoms with van der Waals surface area (Å²) in [5, 5.41) is 2.90. The highest BCUT2D eigenvalue weighted by Gasteiger charge is 2.23. The fourth-order valence-electron chi connectivity index (χ4n) is 1.47. The highest BCUT2D eigenvalue weighted by Crippen LogP contribution is 2.26. The average molecular weight is 210 g/mol. The van der Waals surface area contributed by atoms with E-state index < -0.39 is 0 Å². The number of hydrogen-bond acceptors (Lipinski definition) is 4. The second-order valence-corrected chi connectivity index (χ2v) is 4.23. The highest BCUT2D eigenvalue weighted by atomic mass is 32.1. The minimum Gasteiger partial charge on any atom is -0.353 e. The van der Waals surface area contributed by atoms with Gasteiger partial charge in [-0.25, -0.2) is 4.98 Å². The van der Waals surface area contributed by atoms with Gasteiger partial charge in [-0.05, 0) is 12.8 Å². The molecule has 1 aliphatic carbocycles. The van der Waals surface area contributed by atoms with E-state index in [1.54, 1.807) is 7.05 Å².